The molecular formula is C33H44Br2N12O. The van der Waals surface area contributed by atoms with Crippen molar-refractivity contribution in [1.29, 1.82) is 0 Å². The highest BCUT2D eigenvalue weighted by molar-refractivity contribution is 9.11. The monoisotopic (exact) mass is 782 g/mol. The van der Waals surface area contributed by atoms with Gasteiger partial charge < -0.3 is 20.6 Å². The number of Topliss-reactive ketones (excluding diaryl/α,β-unsaturated/α-hetero) is 1. The normalized spacial score (nSPS) is 27.6. The summed E-state index contributed by atoms with van der Waals surface area (Å²) in [5.74, 6) is 1.38. The number of carbonyl (C=O) groups excluding carboxylic acids is 1. The summed E-state index contributed by atoms with van der Waals surface area (Å²) >= 11 is 7.29. The molecule has 0 radical (unpaired) electrons. The third-order valence-electron chi connectivity index (χ3n) is 11.8. The van der Waals surface area contributed by atoms with Gasteiger partial charge in [0.1, 0.15) is 35.6 Å². The molecule has 2 saturated carbocycles. The number of nitrogens with two attached hydrogens (primary N) is 2. The van der Waals surface area contributed by atoms with E-state index < -0.39 is 0 Å². The number of halogens is 2. The van der Waals surface area contributed by atoms with Gasteiger partial charge in [0.25, 0.3) is 0 Å². The lowest BCUT2D eigenvalue weighted by Gasteiger charge is -2.48. The van der Waals surface area contributed by atoms with E-state index in [0.717, 1.165) is 109 Å². The van der Waals surface area contributed by atoms with Crippen LogP contribution in [0.25, 0.3) is 22.1 Å². The van der Waals surface area contributed by atoms with Crippen molar-refractivity contribution in [3.8, 4) is 0 Å². The van der Waals surface area contributed by atoms with Gasteiger partial charge in [-0.2, -0.15) is 0 Å². The van der Waals surface area contributed by atoms with E-state index in [1.54, 1.807) is 12.7 Å². The van der Waals surface area contributed by atoms with E-state index in [1.807, 2.05) is 0 Å². The Kier molecular flexibility index (Phi) is 8.73. The van der Waals surface area contributed by atoms with Crippen molar-refractivity contribution in [2.75, 3.05) is 63.8 Å². The van der Waals surface area contributed by atoms with Gasteiger partial charge in [-0.15, -0.1) is 0 Å². The molecule has 4 aliphatic rings. The van der Waals surface area contributed by atoms with Crippen LogP contribution >= 0.6 is 31.9 Å². The van der Waals surface area contributed by atoms with E-state index in [4.69, 9.17) is 11.5 Å². The van der Waals surface area contributed by atoms with Crippen molar-refractivity contribution < 1.29 is 4.79 Å². The van der Waals surface area contributed by atoms with Gasteiger partial charge >= 0.3 is 0 Å². The van der Waals surface area contributed by atoms with E-state index in [2.05, 4.69) is 107 Å². The zero-order valence-electron chi connectivity index (χ0n) is 27.5. The molecule has 4 aromatic heterocycles. The summed E-state index contributed by atoms with van der Waals surface area (Å²) in [6, 6.07) is 1.84. The zero-order valence-corrected chi connectivity index (χ0v) is 30.7. The first kappa shape index (κ1) is 32.5. The zero-order chi connectivity index (χ0) is 33.3. The Hall–Kier alpha value is -2.69. The first-order chi connectivity index (χ1) is 23.2. The molecule has 8 rings (SSSR count). The third kappa shape index (κ3) is 5.63. The highest BCUT2D eigenvalue weighted by Crippen LogP contribution is 2.42. The molecule has 2 aliphatic heterocycles. The molecule has 4 aromatic rings. The lowest BCUT2D eigenvalue weighted by Crippen LogP contribution is -2.60. The van der Waals surface area contributed by atoms with Crippen molar-refractivity contribution in [1.82, 2.24) is 48.7 Å². The van der Waals surface area contributed by atoms with Gasteiger partial charge in [-0.1, -0.05) is 0 Å². The molecule has 2 aliphatic carbocycles. The van der Waals surface area contributed by atoms with Gasteiger partial charge in [0.05, 0.1) is 22.9 Å². The number of fused-ring (bicyclic) bond motifs is 2. The standard InChI is InChI=1S/C33H44Br2N12O/c1-19(42-3-7-44(8-4-42)21-11-23(12-21)46-15-25(34)27-30(36)38-17-40-32(27)46)29(48)20(2)43-5-9-45(10-6-43)22-13-24(14-22)47-16-26(35)28-31(37)39-18-41-33(28)47/h15-24H,3-14H2,1-2H3,(H2,36,38,40)(H2,37,39,41). The Labute approximate surface area is 297 Å². The molecule has 13 nitrogen and oxygen atoms in total. The minimum atomic E-state index is -0.0657. The topological polar surface area (TPSA) is 143 Å². The number of anilines is 2. The smallest absolute Gasteiger partial charge is 0.166 e. The summed E-state index contributed by atoms with van der Waals surface area (Å²) in [4.78, 5) is 41.1. The van der Waals surface area contributed by atoms with Gasteiger partial charge in [0, 0.05) is 97.9 Å². The van der Waals surface area contributed by atoms with Crippen LogP contribution in [0.1, 0.15) is 51.6 Å². The van der Waals surface area contributed by atoms with Crippen molar-refractivity contribution in [3.63, 3.8) is 0 Å². The largest absolute Gasteiger partial charge is 0.383 e. The fraction of sp³-hybridized carbons (Fsp3) is 0.606. The molecule has 256 valence electrons. The molecule has 2 atom stereocenters. The number of nitrogen functional groups attached to an aromatic ring is 2. The quantitative estimate of drug-likeness (QED) is 0.271. The SMILES string of the molecule is CC(C(=O)C(C)N1CCN(C2CC(n3cc(Br)c4c(N)ncnc43)C2)CC1)N1CCN(C2CC(n3cc(Br)c4c(N)ncnc43)C2)CC1. The second-order valence-corrected chi connectivity index (χ2v) is 15.8. The maximum Gasteiger partial charge on any atom is 0.166 e. The minimum Gasteiger partial charge on any atom is -0.383 e. The Balaban J connectivity index is 0.782. The molecule has 48 heavy (non-hydrogen) atoms. The van der Waals surface area contributed by atoms with Crippen LogP contribution in [0.4, 0.5) is 11.6 Å². The molecule has 0 bridgehead atoms. The fourth-order valence-corrected chi connectivity index (χ4v) is 9.74. The second kappa shape index (κ2) is 12.9. The summed E-state index contributed by atoms with van der Waals surface area (Å²) in [7, 11) is 0. The van der Waals surface area contributed by atoms with E-state index in [0.29, 0.717) is 41.6 Å². The number of hydrogen-bond acceptors (Lipinski definition) is 11. The van der Waals surface area contributed by atoms with Gasteiger partial charge in [-0.25, -0.2) is 19.9 Å². The first-order valence-electron chi connectivity index (χ1n) is 17.2. The predicted molar refractivity (Wildman–Crippen MR) is 194 cm³/mol. The van der Waals surface area contributed by atoms with Crippen LogP contribution in [0.3, 0.4) is 0 Å². The maximum atomic E-state index is 13.7. The third-order valence-corrected chi connectivity index (χ3v) is 13.0. The summed E-state index contributed by atoms with van der Waals surface area (Å²) in [6.07, 6.45) is 11.7. The molecule has 2 saturated heterocycles. The minimum absolute atomic E-state index is 0.0657. The molecule has 15 heteroatoms. The van der Waals surface area contributed by atoms with Crippen LogP contribution in [0.2, 0.25) is 0 Å². The number of carbonyl (C=O) groups is 1. The summed E-state index contributed by atoms with van der Waals surface area (Å²) in [6.45, 7) is 12.0. The van der Waals surface area contributed by atoms with Crippen LogP contribution in [0.15, 0.2) is 34.0 Å². The lowest BCUT2D eigenvalue weighted by molar-refractivity contribution is -0.130. The average Bonchev–Trinajstić information content (AvgIpc) is 3.56. The Bertz CT molecular complexity index is 1690. The van der Waals surface area contributed by atoms with Crippen molar-refractivity contribution in [2.45, 2.75) is 75.8 Å². The number of ketones is 1. The van der Waals surface area contributed by atoms with Crippen molar-refractivity contribution in [2.24, 2.45) is 0 Å². The highest BCUT2D eigenvalue weighted by atomic mass is 79.9. The van der Waals surface area contributed by atoms with E-state index >= 15 is 0 Å². The average molecular weight is 785 g/mol. The van der Waals surface area contributed by atoms with Crippen LogP contribution in [0.5, 0.6) is 0 Å². The predicted octanol–water partition coefficient (Wildman–Crippen LogP) is 3.55. The second-order valence-electron chi connectivity index (χ2n) is 14.1. The first-order valence-corrected chi connectivity index (χ1v) is 18.8. The highest BCUT2D eigenvalue weighted by Gasteiger charge is 2.40. The number of piperazine rings is 2. The molecule has 4 fully saturated rings. The molecule has 6 heterocycles. The summed E-state index contributed by atoms with van der Waals surface area (Å²) in [5, 5.41) is 1.80. The number of hydrogen-bond donors (Lipinski definition) is 2. The number of nitrogens with zero attached hydrogens (tertiary/aromatic N) is 10. The fourth-order valence-electron chi connectivity index (χ4n) is 8.54. The Morgan fingerprint density at radius 1 is 0.646 bits per heavy atom. The lowest BCUT2D eigenvalue weighted by atomic mass is 9.84. The van der Waals surface area contributed by atoms with Crippen LogP contribution in [-0.4, -0.2) is 131 Å². The van der Waals surface area contributed by atoms with E-state index in [-0.39, 0.29) is 12.1 Å². The number of aromatic nitrogens is 6. The van der Waals surface area contributed by atoms with E-state index in [9.17, 15) is 4.79 Å². The molecule has 2 unspecified atom stereocenters. The Morgan fingerprint density at radius 2 is 1.02 bits per heavy atom. The van der Waals surface area contributed by atoms with Gasteiger partial charge in [-0.05, 0) is 71.4 Å². The Morgan fingerprint density at radius 3 is 1.40 bits per heavy atom. The molecular weight excluding hydrogens is 740 g/mol. The van der Waals surface area contributed by atoms with Crippen molar-refractivity contribution in [3.05, 3.63) is 34.0 Å². The van der Waals surface area contributed by atoms with Crippen molar-refractivity contribution >= 4 is 71.3 Å². The van der Waals surface area contributed by atoms with Gasteiger partial charge in [-0.3, -0.25) is 24.4 Å². The van der Waals surface area contributed by atoms with Crippen LogP contribution in [-0.2, 0) is 4.79 Å². The number of rotatable bonds is 8. The molecule has 0 amide bonds. The molecule has 0 spiro atoms. The van der Waals surface area contributed by atoms with Crippen LogP contribution in [0, 0.1) is 0 Å². The van der Waals surface area contributed by atoms with Gasteiger partial charge in [0.2, 0.25) is 0 Å². The van der Waals surface area contributed by atoms with Crippen LogP contribution < -0.4 is 11.5 Å². The van der Waals surface area contributed by atoms with Gasteiger partial charge in [0.15, 0.2) is 5.78 Å². The maximum absolute atomic E-state index is 13.7. The molecule has 0 aromatic carbocycles. The summed E-state index contributed by atoms with van der Waals surface area (Å²) < 4.78 is 6.42. The summed E-state index contributed by atoms with van der Waals surface area (Å²) in [5.41, 5.74) is 14.0. The van der Waals surface area contributed by atoms with E-state index in [1.165, 1.54) is 0 Å². The molecule has 4 N–H and O–H groups in total.